The van der Waals surface area contributed by atoms with Crippen LogP contribution in [0.1, 0.15) is 28.0 Å². The van der Waals surface area contributed by atoms with Gasteiger partial charge >= 0.3 is 0 Å². The quantitative estimate of drug-likeness (QED) is 0.628. The molecule has 0 aliphatic heterocycles. The van der Waals surface area contributed by atoms with E-state index in [0.29, 0.717) is 5.92 Å². The minimum atomic E-state index is 0.259. The largest absolute Gasteiger partial charge is 0.271 e. The molecule has 0 spiro atoms. The first-order valence-corrected chi connectivity index (χ1v) is 6.35. The predicted molar refractivity (Wildman–Crippen MR) is 67.3 cm³/mol. The molecular formula is C13H14N2S. The van der Waals surface area contributed by atoms with E-state index in [2.05, 4.69) is 47.2 Å². The molecule has 2 nitrogen and oxygen atoms in total. The number of hydrogen-bond acceptors (Lipinski definition) is 3. The van der Waals surface area contributed by atoms with Gasteiger partial charge in [-0.25, -0.2) is 0 Å². The minimum absolute atomic E-state index is 0.259. The molecule has 0 saturated heterocycles. The predicted octanol–water partition coefficient (Wildman–Crippen LogP) is 2.59. The van der Waals surface area contributed by atoms with Crippen molar-refractivity contribution < 1.29 is 0 Å². The molecule has 1 aromatic carbocycles. The van der Waals surface area contributed by atoms with Crippen LogP contribution >= 0.6 is 11.3 Å². The number of fused-ring (bicyclic) bond motifs is 1. The molecule has 0 saturated carbocycles. The van der Waals surface area contributed by atoms with Gasteiger partial charge in [0.1, 0.15) is 0 Å². The summed E-state index contributed by atoms with van der Waals surface area (Å²) in [6.07, 6.45) is 1.13. The fraction of sp³-hybridized carbons (Fsp3) is 0.231. The van der Waals surface area contributed by atoms with Crippen LogP contribution in [0.3, 0.4) is 0 Å². The summed E-state index contributed by atoms with van der Waals surface area (Å²) in [7, 11) is 0. The molecule has 1 aliphatic carbocycles. The first-order valence-electron chi connectivity index (χ1n) is 5.47. The average molecular weight is 230 g/mol. The molecule has 0 fully saturated rings. The van der Waals surface area contributed by atoms with E-state index >= 15 is 0 Å². The Morgan fingerprint density at radius 3 is 2.81 bits per heavy atom. The molecule has 16 heavy (non-hydrogen) atoms. The van der Waals surface area contributed by atoms with Crippen LogP contribution in [0.4, 0.5) is 0 Å². The summed E-state index contributed by atoms with van der Waals surface area (Å²) in [6, 6.07) is 13.1. The van der Waals surface area contributed by atoms with E-state index in [4.69, 9.17) is 5.84 Å². The molecular weight excluding hydrogens is 216 g/mol. The second-order valence-corrected chi connectivity index (χ2v) is 5.15. The molecule has 1 aliphatic rings. The third kappa shape index (κ3) is 1.48. The molecule has 82 valence electrons. The summed E-state index contributed by atoms with van der Waals surface area (Å²) in [5, 5.41) is 2.10. The van der Waals surface area contributed by atoms with Gasteiger partial charge in [-0.1, -0.05) is 30.3 Å². The molecule has 2 unspecified atom stereocenters. The monoisotopic (exact) mass is 230 g/mol. The lowest BCUT2D eigenvalue weighted by molar-refractivity contribution is 0.425. The second kappa shape index (κ2) is 4.01. The van der Waals surface area contributed by atoms with Crippen molar-refractivity contribution in [1.29, 1.82) is 0 Å². The van der Waals surface area contributed by atoms with Crippen molar-refractivity contribution in [3.05, 3.63) is 57.8 Å². The Morgan fingerprint density at radius 1 is 1.25 bits per heavy atom. The number of benzene rings is 1. The van der Waals surface area contributed by atoms with E-state index in [1.54, 1.807) is 11.3 Å². The molecule has 3 N–H and O–H groups in total. The number of nitrogens with two attached hydrogens (primary N) is 1. The Kier molecular flexibility index (Phi) is 2.52. The number of hydrazine groups is 1. The van der Waals surface area contributed by atoms with Crippen molar-refractivity contribution in [2.45, 2.75) is 18.4 Å². The van der Waals surface area contributed by atoms with Crippen LogP contribution in [-0.4, -0.2) is 0 Å². The van der Waals surface area contributed by atoms with Gasteiger partial charge in [0.2, 0.25) is 0 Å². The smallest absolute Gasteiger partial charge is 0.0624 e. The molecule has 0 amide bonds. The van der Waals surface area contributed by atoms with E-state index in [0.717, 1.165) is 6.42 Å². The molecule has 2 atom stereocenters. The minimum Gasteiger partial charge on any atom is -0.271 e. The fourth-order valence-corrected chi connectivity index (χ4v) is 3.31. The maximum atomic E-state index is 5.69. The van der Waals surface area contributed by atoms with Crippen LogP contribution in [-0.2, 0) is 6.42 Å². The third-order valence-electron chi connectivity index (χ3n) is 3.33. The highest BCUT2D eigenvalue weighted by Gasteiger charge is 2.33. The molecule has 3 rings (SSSR count). The molecule has 2 aromatic rings. The van der Waals surface area contributed by atoms with Gasteiger partial charge in [-0.2, -0.15) is 0 Å². The maximum Gasteiger partial charge on any atom is 0.0624 e. The van der Waals surface area contributed by atoms with Crippen molar-refractivity contribution in [2.24, 2.45) is 5.84 Å². The first kappa shape index (κ1) is 10.0. The Labute approximate surface area is 99.1 Å². The zero-order valence-corrected chi connectivity index (χ0v) is 9.71. The van der Waals surface area contributed by atoms with Gasteiger partial charge in [-0.3, -0.25) is 11.3 Å². The number of hydrogen-bond donors (Lipinski definition) is 2. The Morgan fingerprint density at radius 2 is 2.12 bits per heavy atom. The topological polar surface area (TPSA) is 38.0 Å². The standard InChI is InChI=1S/C13H14N2S/c14-15-13(12-6-3-7-16-12)11-8-9-4-1-2-5-10(9)11/h1-7,11,13,15H,8,14H2. The lowest BCUT2D eigenvalue weighted by Crippen LogP contribution is -2.36. The van der Waals surface area contributed by atoms with Crippen LogP contribution < -0.4 is 11.3 Å². The van der Waals surface area contributed by atoms with Gasteiger partial charge in [0, 0.05) is 10.8 Å². The lowest BCUT2D eigenvalue weighted by Gasteiger charge is -2.35. The highest BCUT2D eigenvalue weighted by Crippen LogP contribution is 2.43. The molecule has 1 heterocycles. The van der Waals surface area contributed by atoms with Crippen molar-refractivity contribution >= 4 is 11.3 Å². The van der Waals surface area contributed by atoms with E-state index in [9.17, 15) is 0 Å². The van der Waals surface area contributed by atoms with Crippen molar-refractivity contribution in [1.82, 2.24) is 5.43 Å². The number of nitrogens with one attached hydrogen (secondary N) is 1. The van der Waals surface area contributed by atoms with E-state index < -0.39 is 0 Å². The van der Waals surface area contributed by atoms with Crippen molar-refractivity contribution in [3.63, 3.8) is 0 Å². The number of rotatable bonds is 3. The van der Waals surface area contributed by atoms with Crippen LogP contribution in [0.5, 0.6) is 0 Å². The molecule has 0 bridgehead atoms. The second-order valence-electron chi connectivity index (χ2n) is 4.17. The summed E-state index contributed by atoms with van der Waals surface area (Å²) in [4.78, 5) is 1.32. The van der Waals surface area contributed by atoms with Crippen molar-refractivity contribution in [3.8, 4) is 0 Å². The summed E-state index contributed by atoms with van der Waals surface area (Å²) in [5.41, 5.74) is 5.86. The summed E-state index contributed by atoms with van der Waals surface area (Å²) < 4.78 is 0. The number of thiophene rings is 1. The third-order valence-corrected chi connectivity index (χ3v) is 4.28. The fourth-order valence-electron chi connectivity index (χ4n) is 2.46. The van der Waals surface area contributed by atoms with Gasteiger partial charge in [0.05, 0.1) is 6.04 Å². The molecule has 3 heteroatoms. The van der Waals surface area contributed by atoms with Gasteiger partial charge in [0.25, 0.3) is 0 Å². The Hall–Kier alpha value is -1.16. The lowest BCUT2D eigenvalue weighted by atomic mass is 9.73. The maximum absolute atomic E-state index is 5.69. The Balaban J connectivity index is 1.90. The highest BCUT2D eigenvalue weighted by molar-refractivity contribution is 7.10. The highest BCUT2D eigenvalue weighted by atomic mass is 32.1. The molecule has 1 aromatic heterocycles. The van der Waals surface area contributed by atoms with Crippen molar-refractivity contribution in [2.75, 3.05) is 0 Å². The van der Waals surface area contributed by atoms with Crippen LogP contribution in [0.2, 0.25) is 0 Å². The van der Waals surface area contributed by atoms with E-state index in [1.807, 2.05) is 0 Å². The van der Waals surface area contributed by atoms with Gasteiger partial charge in [0.15, 0.2) is 0 Å². The SMILES string of the molecule is NNC(c1cccs1)C1Cc2ccccc21. The van der Waals surface area contributed by atoms with E-state index in [1.165, 1.54) is 16.0 Å². The Bertz CT molecular complexity index is 478. The summed E-state index contributed by atoms with van der Waals surface area (Å²) >= 11 is 1.77. The summed E-state index contributed by atoms with van der Waals surface area (Å²) in [6.45, 7) is 0. The molecule has 0 radical (unpaired) electrons. The first-order chi connectivity index (χ1) is 7.90. The van der Waals surface area contributed by atoms with Crippen LogP contribution in [0.15, 0.2) is 41.8 Å². The van der Waals surface area contributed by atoms with Crippen LogP contribution in [0, 0.1) is 0 Å². The van der Waals surface area contributed by atoms with Crippen LogP contribution in [0.25, 0.3) is 0 Å². The van der Waals surface area contributed by atoms with E-state index in [-0.39, 0.29) is 6.04 Å². The zero-order chi connectivity index (χ0) is 11.0. The van der Waals surface area contributed by atoms with Gasteiger partial charge < -0.3 is 0 Å². The summed E-state index contributed by atoms with van der Waals surface area (Å²) in [5.74, 6) is 6.22. The zero-order valence-electron chi connectivity index (χ0n) is 8.89. The van der Waals surface area contributed by atoms with Gasteiger partial charge in [-0.05, 0) is 29.0 Å². The normalized spacial score (nSPS) is 19.9. The average Bonchev–Trinajstić information content (AvgIpc) is 2.79. The van der Waals surface area contributed by atoms with Gasteiger partial charge in [-0.15, -0.1) is 11.3 Å².